The summed E-state index contributed by atoms with van der Waals surface area (Å²) in [5.74, 6) is -5.83. The van der Waals surface area contributed by atoms with Gasteiger partial charge in [0, 0.05) is 6.20 Å². The number of rotatable bonds is 6. The smallest absolute Gasteiger partial charge is 0.417 e. The highest BCUT2D eigenvalue weighted by Crippen LogP contribution is 2.36. The second kappa shape index (κ2) is 8.65. The predicted octanol–water partition coefficient (Wildman–Crippen LogP) is 3.61. The van der Waals surface area contributed by atoms with E-state index >= 15 is 0 Å². The molecule has 1 heterocycles. The Morgan fingerprint density at radius 2 is 1.53 bits per heavy atom. The fourth-order valence-electron chi connectivity index (χ4n) is 2.67. The molecule has 1 amide bonds. The molecule has 0 saturated carbocycles. The molecule has 2 aromatic rings. The average Bonchev–Trinajstić information content (AvgIpc) is 2.67. The molecule has 32 heavy (non-hydrogen) atoms. The first kappa shape index (κ1) is 24.9. The standard InChI is InChI=1S/C18H11ClF6N2O5/c19-11-5-8(17(20,21)22)6-26-12(11)16(14(29)30,15(31)32)7-27-13(28)9-3-1-2-4-10(9)18(23,24)25/h1-6H,7H2,(H,27,28)(H,29,30)(H,31,32). The Labute approximate surface area is 179 Å². The fraction of sp³-hybridized carbons (Fsp3) is 0.222. The van der Waals surface area contributed by atoms with Gasteiger partial charge in [-0.2, -0.15) is 26.3 Å². The van der Waals surface area contributed by atoms with Crippen LogP contribution in [0.5, 0.6) is 0 Å². The first-order chi connectivity index (χ1) is 14.6. The van der Waals surface area contributed by atoms with Gasteiger partial charge in [-0.15, -0.1) is 0 Å². The summed E-state index contributed by atoms with van der Waals surface area (Å²) >= 11 is 5.67. The monoisotopic (exact) mass is 484 g/mol. The average molecular weight is 485 g/mol. The molecular weight excluding hydrogens is 474 g/mol. The van der Waals surface area contributed by atoms with Crippen molar-refractivity contribution in [2.24, 2.45) is 0 Å². The first-order valence-corrected chi connectivity index (χ1v) is 8.64. The molecule has 0 aliphatic heterocycles. The van der Waals surface area contributed by atoms with Crippen LogP contribution in [0, 0.1) is 0 Å². The lowest BCUT2D eigenvalue weighted by Crippen LogP contribution is -2.53. The molecule has 172 valence electrons. The number of amides is 1. The maximum atomic E-state index is 13.1. The SMILES string of the molecule is O=C(NCC(C(=O)O)(C(=O)O)c1ncc(C(F)(F)F)cc1Cl)c1ccccc1C(F)(F)F. The van der Waals surface area contributed by atoms with E-state index in [2.05, 4.69) is 4.98 Å². The van der Waals surface area contributed by atoms with Crippen molar-refractivity contribution in [2.75, 3.05) is 6.54 Å². The van der Waals surface area contributed by atoms with Gasteiger partial charge in [0.1, 0.15) is 0 Å². The number of carbonyl (C=O) groups excluding carboxylic acids is 1. The maximum Gasteiger partial charge on any atom is 0.417 e. The second-order valence-corrected chi connectivity index (χ2v) is 6.70. The number of benzene rings is 1. The van der Waals surface area contributed by atoms with Crippen LogP contribution in [0.2, 0.25) is 5.02 Å². The van der Waals surface area contributed by atoms with Crippen molar-refractivity contribution in [1.82, 2.24) is 10.3 Å². The van der Waals surface area contributed by atoms with Crippen molar-refractivity contribution in [1.29, 1.82) is 0 Å². The molecular formula is C18H11ClF6N2O5. The van der Waals surface area contributed by atoms with Crippen molar-refractivity contribution in [3.8, 4) is 0 Å². The van der Waals surface area contributed by atoms with E-state index < -0.39 is 69.6 Å². The van der Waals surface area contributed by atoms with Gasteiger partial charge in [-0.25, -0.2) is 0 Å². The number of alkyl halides is 6. The summed E-state index contributed by atoms with van der Waals surface area (Å²) in [6.07, 6.45) is -9.74. The van der Waals surface area contributed by atoms with E-state index in [4.69, 9.17) is 11.6 Å². The number of aromatic nitrogens is 1. The van der Waals surface area contributed by atoms with Crippen LogP contribution in [0.3, 0.4) is 0 Å². The summed E-state index contributed by atoms with van der Waals surface area (Å²) in [7, 11) is 0. The van der Waals surface area contributed by atoms with Crippen molar-refractivity contribution in [3.63, 3.8) is 0 Å². The third-order valence-corrected chi connectivity index (χ3v) is 4.58. The number of hydrogen-bond acceptors (Lipinski definition) is 4. The summed E-state index contributed by atoms with van der Waals surface area (Å²) in [6.45, 7) is -1.37. The molecule has 1 aromatic heterocycles. The summed E-state index contributed by atoms with van der Waals surface area (Å²) in [6, 6.07) is 3.66. The molecule has 0 bridgehead atoms. The lowest BCUT2D eigenvalue weighted by atomic mass is 9.83. The number of nitrogens with zero attached hydrogens (tertiary/aromatic N) is 1. The van der Waals surface area contributed by atoms with E-state index in [1.165, 1.54) is 0 Å². The van der Waals surface area contributed by atoms with Crippen molar-refractivity contribution in [3.05, 3.63) is 63.9 Å². The van der Waals surface area contributed by atoms with Gasteiger partial charge in [0.05, 0.1) is 34.0 Å². The zero-order chi connectivity index (χ0) is 24.5. The third kappa shape index (κ3) is 4.77. The third-order valence-electron chi connectivity index (χ3n) is 4.29. The van der Waals surface area contributed by atoms with Crippen LogP contribution in [0.4, 0.5) is 26.3 Å². The number of carbonyl (C=O) groups is 3. The largest absolute Gasteiger partial charge is 0.480 e. The topological polar surface area (TPSA) is 117 Å². The fourth-order valence-corrected chi connectivity index (χ4v) is 3.00. The normalized spacial score (nSPS) is 12.3. The Bertz CT molecular complexity index is 1060. The lowest BCUT2D eigenvalue weighted by Gasteiger charge is -2.26. The Kier molecular flexibility index (Phi) is 6.73. The highest BCUT2D eigenvalue weighted by Gasteiger charge is 2.52. The van der Waals surface area contributed by atoms with Gasteiger partial charge in [0.25, 0.3) is 5.91 Å². The zero-order valence-corrected chi connectivity index (χ0v) is 16.1. The van der Waals surface area contributed by atoms with Crippen LogP contribution in [0.15, 0.2) is 36.5 Å². The quantitative estimate of drug-likeness (QED) is 0.426. The molecule has 0 fully saturated rings. The molecule has 0 unspecified atom stereocenters. The number of hydrogen-bond donors (Lipinski definition) is 3. The molecule has 0 radical (unpaired) electrons. The molecule has 0 spiro atoms. The van der Waals surface area contributed by atoms with Gasteiger partial charge in [-0.1, -0.05) is 23.7 Å². The highest BCUT2D eigenvalue weighted by molar-refractivity contribution is 6.32. The van der Waals surface area contributed by atoms with E-state index in [-0.39, 0.29) is 12.3 Å². The van der Waals surface area contributed by atoms with Gasteiger partial charge in [0.15, 0.2) is 0 Å². The number of carboxylic acids is 2. The summed E-state index contributed by atoms with van der Waals surface area (Å²) < 4.78 is 77.7. The Balaban J connectivity index is 2.50. The van der Waals surface area contributed by atoms with E-state index in [0.29, 0.717) is 6.07 Å². The van der Waals surface area contributed by atoms with Crippen LogP contribution in [-0.2, 0) is 27.4 Å². The Hall–Kier alpha value is -3.35. The summed E-state index contributed by atoms with van der Waals surface area (Å²) in [5.41, 5.74) is -7.98. The number of carboxylic acid groups (broad SMARTS) is 2. The van der Waals surface area contributed by atoms with E-state index in [1.54, 1.807) is 5.32 Å². The minimum Gasteiger partial charge on any atom is -0.480 e. The van der Waals surface area contributed by atoms with Crippen LogP contribution in [0.1, 0.15) is 27.2 Å². The summed E-state index contributed by atoms with van der Waals surface area (Å²) in [5, 5.41) is 19.8. The van der Waals surface area contributed by atoms with Gasteiger partial charge >= 0.3 is 24.3 Å². The Morgan fingerprint density at radius 3 is 2.00 bits per heavy atom. The minimum absolute atomic E-state index is 0.141. The molecule has 2 rings (SSSR count). The molecule has 14 heteroatoms. The van der Waals surface area contributed by atoms with Crippen LogP contribution >= 0.6 is 11.6 Å². The maximum absolute atomic E-state index is 13.1. The molecule has 0 aliphatic rings. The molecule has 0 atom stereocenters. The number of aliphatic carboxylic acids is 2. The van der Waals surface area contributed by atoms with Crippen LogP contribution in [-0.4, -0.2) is 39.6 Å². The minimum atomic E-state index is -4.96. The summed E-state index contributed by atoms with van der Waals surface area (Å²) in [4.78, 5) is 39.2. The Morgan fingerprint density at radius 1 is 0.969 bits per heavy atom. The van der Waals surface area contributed by atoms with Gasteiger partial charge in [-0.05, 0) is 18.2 Å². The van der Waals surface area contributed by atoms with E-state index in [9.17, 15) is 50.9 Å². The first-order valence-electron chi connectivity index (χ1n) is 8.26. The van der Waals surface area contributed by atoms with E-state index in [0.717, 1.165) is 18.2 Å². The molecule has 0 saturated heterocycles. The molecule has 7 nitrogen and oxygen atoms in total. The van der Waals surface area contributed by atoms with Gasteiger partial charge in [-0.3, -0.25) is 19.4 Å². The van der Waals surface area contributed by atoms with E-state index in [1.807, 2.05) is 0 Å². The second-order valence-electron chi connectivity index (χ2n) is 6.29. The van der Waals surface area contributed by atoms with Gasteiger partial charge in [0.2, 0.25) is 5.41 Å². The highest BCUT2D eigenvalue weighted by atomic mass is 35.5. The number of halogens is 7. The number of pyridine rings is 1. The van der Waals surface area contributed by atoms with Crippen molar-refractivity contribution in [2.45, 2.75) is 17.8 Å². The molecule has 1 aromatic carbocycles. The van der Waals surface area contributed by atoms with Crippen molar-refractivity contribution < 1.29 is 50.9 Å². The van der Waals surface area contributed by atoms with Crippen LogP contribution < -0.4 is 5.32 Å². The van der Waals surface area contributed by atoms with Crippen LogP contribution in [0.25, 0.3) is 0 Å². The molecule has 3 N–H and O–H groups in total. The number of nitrogens with one attached hydrogen (secondary N) is 1. The lowest BCUT2D eigenvalue weighted by molar-refractivity contribution is -0.157. The van der Waals surface area contributed by atoms with Crippen molar-refractivity contribution >= 4 is 29.4 Å². The predicted molar refractivity (Wildman–Crippen MR) is 95.0 cm³/mol. The zero-order valence-electron chi connectivity index (χ0n) is 15.4. The van der Waals surface area contributed by atoms with Gasteiger partial charge < -0.3 is 15.5 Å². The molecule has 0 aliphatic carbocycles.